The molecule has 1 amide bonds. The van der Waals surface area contributed by atoms with Crippen molar-refractivity contribution >= 4 is 29.4 Å². The van der Waals surface area contributed by atoms with E-state index in [0.717, 1.165) is 12.1 Å². The second kappa shape index (κ2) is 7.05. The SMILES string of the molecule is Cc1cc(-n2c(C)cc(C(=O)COC(=O)[C@H]3CS[C@]4(C)CCC(=O)N34)c2C)no1. The number of ketones is 1. The first-order valence-corrected chi connectivity index (χ1v) is 10.5. The summed E-state index contributed by atoms with van der Waals surface area (Å²) < 4.78 is 12.3. The molecule has 0 N–H and O–H groups in total. The van der Waals surface area contributed by atoms with Crippen LogP contribution in [0.3, 0.4) is 0 Å². The molecule has 154 valence electrons. The Morgan fingerprint density at radius 2 is 2.10 bits per heavy atom. The lowest BCUT2D eigenvalue weighted by atomic mass is 10.1. The maximum absolute atomic E-state index is 12.7. The van der Waals surface area contributed by atoms with Crippen molar-refractivity contribution in [1.29, 1.82) is 0 Å². The van der Waals surface area contributed by atoms with Crippen molar-refractivity contribution in [2.24, 2.45) is 0 Å². The van der Waals surface area contributed by atoms with Crippen molar-refractivity contribution in [2.45, 2.75) is 51.4 Å². The fourth-order valence-electron chi connectivity index (χ4n) is 4.16. The van der Waals surface area contributed by atoms with Gasteiger partial charge < -0.3 is 14.2 Å². The van der Waals surface area contributed by atoms with Crippen LogP contribution < -0.4 is 0 Å². The number of hydrogen-bond acceptors (Lipinski definition) is 7. The molecule has 0 radical (unpaired) electrons. The van der Waals surface area contributed by atoms with Crippen molar-refractivity contribution in [2.75, 3.05) is 12.4 Å². The normalized spacial score (nSPS) is 23.5. The molecule has 2 atom stereocenters. The van der Waals surface area contributed by atoms with Gasteiger partial charge in [0.1, 0.15) is 11.8 Å². The first kappa shape index (κ1) is 19.8. The fourth-order valence-corrected chi connectivity index (χ4v) is 5.58. The van der Waals surface area contributed by atoms with Gasteiger partial charge >= 0.3 is 5.97 Å². The minimum Gasteiger partial charge on any atom is -0.456 e. The molecular weight excluding hydrogens is 394 g/mol. The van der Waals surface area contributed by atoms with E-state index in [9.17, 15) is 14.4 Å². The largest absolute Gasteiger partial charge is 0.456 e. The number of carbonyl (C=O) groups excluding carboxylic acids is 3. The predicted molar refractivity (Wildman–Crippen MR) is 106 cm³/mol. The standard InChI is InChI=1S/C20H23N3O5S/c1-11-7-14(13(3)22(11)17-8-12(2)28-21-17)16(24)9-27-19(26)15-10-29-20(4)6-5-18(25)23(15)20/h7-8,15H,5-6,9-10H2,1-4H3/t15-,20-/m1/s1. The smallest absolute Gasteiger partial charge is 0.330 e. The molecule has 2 saturated heterocycles. The topological polar surface area (TPSA) is 94.6 Å². The van der Waals surface area contributed by atoms with Gasteiger partial charge in [0, 0.05) is 35.2 Å². The Balaban J connectivity index is 1.45. The van der Waals surface area contributed by atoms with Crippen molar-refractivity contribution in [3.8, 4) is 5.82 Å². The summed E-state index contributed by atoms with van der Waals surface area (Å²) in [4.78, 5) is 38.8. The second-order valence-corrected chi connectivity index (χ2v) is 9.21. The first-order chi connectivity index (χ1) is 13.7. The van der Waals surface area contributed by atoms with Crippen LogP contribution in [-0.4, -0.2) is 55.6 Å². The minimum atomic E-state index is -0.627. The number of rotatable bonds is 5. The highest BCUT2D eigenvalue weighted by Gasteiger charge is 2.53. The van der Waals surface area contributed by atoms with E-state index in [1.165, 1.54) is 0 Å². The highest BCUT2D eigenvalue weighted by molar-refractivity contribution is 8.01. The molecule has 2 aromatic heterocycles. The number of ether oxygens (including phenoxy) is 1. The van der Waals surface area contributed by atoms with Gasteiger partial charge in [0.2, 0.25) is 11.7 Å². The molecule has 0 aromatic carbocycles. The lowest BCUT2D eigenvalue weighted by Gasteiger charge is -2.29. The molecular formula is C20H23N3O5S. The van der Waals surface area contributed by atoms with Crippen LogP contribution in [0.1, 0.15) is 47.3 Å². The molecule has 29 heavy (non-hydrogen) atoms. The Morgan fingerprint density at radius 1 is 1.34 bits per heavy atom. The van der Waals surface area contributed by atoms with E-state index in [4.69, 9.17) is 9.26 Å². The molecule has 0 aliphatic carbocycles. The molecule has 2 fully saturated rings. The molecule has 0 unspecified atom stereocenters. The Hall–Kier alpha value is -2.55. The van der Waals surface area contributed by atoms with E-state index in [2.05, 4.69) is 5.16 Å². The summed E-state index contributed by atoms with van der Waals surface area (Å²) in [6.07, 6.45) is 1.17. The maximum atomic E-state index is 12.7. The number of aryl methyl sites for hydroxylation is 2. The lowest BCUT2D eigenvalue weighted by molar-refractivity contribution is -0.152. The number of thioether (sulfide) groups is 1. The average Bonchev–Trinajstić information content (AvgIpc) is 3.38. The van der Waals surface area contributed by atoms with Crippen LogP contribution in [0.15, 0.2) is 16.7 Å². The summed E-state index contributed by atoms with van der Waals surface area (Å²) >= 11 is 1.59. The molecule has 2 aliphatic rings. The molecule has 0 spiro atoms. The van der Waals surface area contributed by atoms with Crippen LogP contribution >= 0.6 is 11.8 Å². The molecule has 4 rings (SSSR count). The van der Waals surface area contributed by atoms with Crippen LogP contribution in [0, 0.1) is 20.8 Å². The Bertz CT molecular complexity index is 1010. The van der Waals surface area contributed by atoms with Crippen molar-refractivity contribution in [3.05, 3.63) is 34.8 Å². The third-order valence-corrected chi connectivity index (χ3v) is 7.14. The molecule has 9 heteroatoms. The van der Waals surface area contributed by atoms with Gasteiger partial charge in [-0.1, -0.05) is 5.16 Å². The minimum absolute atomic E-state index is 0.0303. The summed E-state index contributed by atoms with van der Waals surface area (Å²) in [6, 6.07) is 2.91. The third-order valence-electron chi connectivity index (χ3n) is 5.64. The number of Topliss-reactive ketones (excluding diaryl/α,β-unsaturated/α-hetero) is 1. The van der Waals surface area contributed by atoms with Gasteiger partial charge in [-0.15, -0.1) is 11.8 Å². The van der Waals surface area contributed by atoms with Crippen LogP contribution in [0.4, 0.5) is 0 Å². The zero-order valence-corrected chi connectivity index (χ0v) is 17.7. The monoisotopic (exact) mass is 417 g/mol. The van der Waals surface area contributed by atoms with E-state index in [1.807, 2.05) is 25.3 Å². The fraction of sp³-hybridized carbons (Fsp3) is 0.500. The summed E-state index contributed by atoms with van der Waals surface area (Å²) in [5, 5.41) is 4.00. The zero-order chi connectivity index (χ0) is 20.9. The molecule has 2 aliphatic heterocycles. The number of amides is 1. The quantitative estimate of drug-likeness (QED) is 0.545. The Kier molecular flexibility index (Phi) is 4.80. The van der Waals surface area contributed by atoms with E-state index >= 15 is 0 Å². The number of fused-ring (bicyclic) bond motifs is 1. The van der Waals surface area contributed by atoms with Crippen LogP contribution in [0.5, 0.6) is 0 Å². The first-order valence-electron chi connectivity index (χ1n) is 9.50. The maximum Gasteiger partial charge on any atom is 0.330 e. The van der Waals surface area contributed by atoms with Gasteiger partial charge in [-0.2, -0.15) is 0 Å². The number of hydrogen-bond donors (Lipinski definition) is 0. The summed E-state index contributed by atoms with van der Waals surface area (Å²) in [5.41, 5.74) is 2.01. The van der Waals surface area contributed by atoms with Crippen molar-refractivity contribution in [1.82, 2.24) is 14.6 Å². The molecule has 0 saturated carbocycles. The zero-order valence-electron chi connectivity index (χ0n) is 16.9. The van der Waals surface area contributed by atoms with Gasteiger partial charge in [0.25, 0.3) is 0 Å². The molecule has 4 heterocycles. The predicted octanol–water partition coefficient (Wildman–Crippen LogP) is 2.57. The van der Waals surface area contributed by atoms with Crippen LogP contribution in [-0.2, 0) is 14.3 Å². The van der Waals surface area contributed by atoms with Crippen LogP contribution in [0.2, 0.25) is 0 Å². The van der Waals surface area contributed by atoms with Gasteiger partial charge in [-0.05, 0) is 40.2 Å². The average molecular weight is 417 g/mol. The summed E-state index contributed by atoms with van der Waals surface area (Å²) in [5.74, 6) is 0.924. The highest BCUT2D eigenvalue weighted by atomic mass is 32.2. The number of aromatic nitrogens is 2. The number of nitrogens with zero attached hydrogens (tertiary/aromatic N) is 3. The molecule has 2 aromatic rings. The van der Waals surface area contributed by atoms with Crippen LogP contribution in [0.25, 0.3) is 5.82 Å². The van der Waals surface area contributed by atoms with E-state index < -0.39 is 12.0 Å². The lowest BCUT2D eigenvalue weighted by Crippen LogP contribution is -2.46. The van der Waals surface area contributed by atoms with E-state index in [0.29, 0.717) is 35.0 Å². The van der Waals surface area contributed by atoms with Crippen molar-refractivity contribution in [3.63, 3.8) is 0 Å². The Morgan fingerprint density at radius 3 is 2.79 bits per heavy atom. The second-order valence-electron chi connectivity index (χ2n) is 7.71. The number of carbonyl (C=O) groups is 3. The molecule has 0 bridgehead atoms. The summed E-state index contributed by atoms with van der Waals surface area (Å²) in [6.45, 7) is 7.10. The van der Waals surface area contributed by atoms with Gasteiger partial charge in [-0.3, -0.25) is 14.2 Å². The van der Waals surface area contributed by atoms with E-state index in [1.54, 1.807) is 35.7 Å². The number of esters is 1. The third kappa shape index (κ3) is 3.27. The van der Waals surface area contributed by atoms with Gasteiger partial charge in [0.05, 0.1) is 4.87 Å². The van der Waals surface area contributed by atoms with Gasteiger partial charge in [0.15, 0.2) is 12.4 Å². The molecule has 8 nitrogen and oxygen atoms in total. The van der Waals surface area contributed by atoms with E-state index in [-0.39, 0.29) is 23.2 Å². The van der Waals surface area contributed by atoms with Crippen molar-refractivity contribution < 1.29 is 23.6 Å². The van der Waals surface area contributed by atoms with Gasteiger partial charge in [-0.25, -0.2) is 4.79 Å². The summed E-state index contributed by atoms with van der Waals surface area (Å²) in [7, 11) is 0. The Labute approximate surface area is 172 Å². The highest BCUT2D eigenvalue weighted by Crippen LogP contribution is 2.47.